The zero-order valence-corrected chi connectivity index (χ0v) is 14.5. The molecule has 5 nitrogen and oxygen atoms in total. The molecular weight excluding hydrogens is 306 g/mol. The predicted molar refractivity (Wildman–Crippen MR) is 93.1 cm³/mol. The van der Waals surface area contributed by atoms with Crippen LogP contribution in [0.1, 0.15) is 46.0 Å². The van der Waals surface area contributed by atoms with Gasteiger partial charge < -0.3 is 15.2 Å². The van der Waals surface area contributed by atoms with Crippen molar-refractivity contribution in [1.29, 1.82) is 0 Å². The van der Waals surface area contributed by atoms with Crippen LogP contribution in [0.2, 0.25) is 0 Å². The second-order valence-electron chi connectivity index (χ2n) is 6.93. The fourth-order valence-corrected chi connectivity index (χ4v) is 2.92. The van der Waals surface area contributed by atoms with Crippen molar-refractivity contribution >= 4 is 17.6 Å². The minimum atomic E-state index is -0.750. The number of ether oxygens (including phenoxy) is 1. The van der Waals surface area contributed by atoms with E-state index in [0.717, 1.165) is 17.9 Å². The number of carboxylic acid groups (broad SMARTS) is 1. The van der Waals surface area contributed by atoms with Gasteiger partial charge in [0, 0.05) is 17.7 Å². The first-order valence-corrected chi connectivity index (χ1v) is 8.72. The molecular formula is C19H27NO4. The van der Waals surface area contributed by atoms with Crippen LogP contribution in [0.4, 0.5) is 5.69 Å². The van der Waals surface area contributed by atoms with E-state index in [0.29, 0.717) is 38.2 Å². The highest BCUT2D eigenvalue weighted by molar-refractivity contribution is 5.92. The minimum absolute atomic E-state index is 0.0295. The zero-order chi connectivity index (χ0) is 17.5. The van der Waals surface area contributed by atoms with Crippen molar-refractivity contribution in [2.45, 2.75) is 46.0 Å². The summed E-state index contributed by atoms with van der Waals surface area (Å²) in [5.41, 5.74) is 0.724. The first-order chi connectivity index (χ1) is 11.5. The van der Waals surface area contributed by atoms with Crippen LogP contribution in [0.3, 0.4) is 0 Å². The summed E-state index contributed by atoms with van der Waals surface area (Å²) < 4.78 is 5.71. The van der Waals surface area contributed by atoms with E-state index in [4.69, 9.17) is 9.84 Å². The van der Waals surface area contributed by atoms with Gasteiger partial charge in [-0.15, -0.1) is 0 Å². The quantitative estimate of drug-likeness (QED) is 0.792. The first-order valence-electron chi connectivity index (χ1n) is 8.72. The lowest BCUT2D eigenvalue weighted by Crippen LogP contribution is -2.29. The van der Waals surface area contributed by atoms with Crippen molar-refractivity contribution in [3.05, 3.63) is 24.3 Å². The van der Waals surface area contributed by atoms with Crippen molar-refractivity contribution < 1.29 is 19.4 Å². The lowest BCUT2D eigenvalue weighted by Gasteiger charge is -2.25. The van der Waals surface area contributed by atoms with Gasteiger partial charge in [0.25, 0.3) is 0 Å². The third-order valence-electron chi connectivity index (χ3n) is 4.51. The van der Waals surface area contributed by atoms with E-state index in [2.05, 4.69) is 19.2 Å². The Morgan fingerprint density at radius 1 is 1.21 bits per heavy atom. The van der Waals surface area contributed by atoms with Gasteiger partial charge in [0.2, 0.25) is 5.91 Å². The van der Waals surface area contributed by atoms with Gasteiger partial charge in [-0.05, 0) is 50.2 Å². The highest BCUT2D eigenvalue weighted by Gasteiger charge is 2.29. The molecule has 24 heavy (non-hydrogen) atoms. The van der Waals surface area contributed by atoms with Gasteiger partial charge in [-0.2, -0.15) is 0 Å². The molecule has 0 bridgehead atoms. The molecule has 132 valence electrons. The van der Waals surface area contributed by atoms with Crippen molar-refractivity contribution in [3.8, 4) is 5.75 Å². The Kier molecular flexibility index (Phi) is 6.64. The van der Waals surface area contributed by atoms with E-state index >= 15 is 0 Å². The predicted octanol–water partition coefficient (Wildman–Crippen LogP) is 3.94. The number of carboxylic acids is 1. The monoisotopic (exact) mass is 333 g/mol. The Morgan fingerprint density at radius 3 is 2.50 bits per heavy atom. The number of rotatable bonds is 7. The Labute approximate surface area is 143 Å². The van der Waals surface area contributed by atoms with Gasteiger partial charge in [-0.1, -0.05) is 19.9 Å². The summed E-state index contributed by atoms with van der Waals surface area (Å²) in [5, 5.41) is 11.9. The van der Waals surface area contributed by atoms with Gasteiger partial charge in [-0.25, -0.2) is 0 Å². The standard InChI is InChI=1S/C19H27NO4/c1-13(2)10-11-24-17-5-3-4-16(12-17)20-18(21)14-6-8-15(9-7-14)19(22)23/h3-5,12-15H,6-11H2,1-2H3,(H,20,21)(H,22,23). The van der Waals surface area contributed by atoms with Crippen molar-refractivity contribution in [3.63, 3.8) is 0 Å². The lowest BCUT2D eigenvalue weighted by atomic mass is 9.81. The smallest absolute Gasteiger partial charge is 0.306 e. The Bertz CT molecular complexity index is 562. The number of anilines is 1. The third kappa shape index (κ3) is 5.55. The summed E-state index contributed by atoms with van der Waals surface area (Å²) in [6, 6.07) is 7.42. The molecule has 1 aromatic rings. The van der Waals surface area contributed by atoms with Crippen LogP contribution in [0.15, 0.2) is 24.3 Å². The van der Waals surface area contributed by atoms with Gasteiger partial charge in [0.15, 0.2) is 0 Å². The van der Waals surface area contributed by atoms with Gasteiger partial charge >= 0.3 is 5.97 Å². The van der Waals surface area contributed by atoms with Gasteiger partial charge in [-0.3, -0.25) is 9.59 Å². The molecule has 0 atom stereocenters. The lowest BCUT2D eigenvalue weighted by molar-refractivity contribution is -0.143. The molecule has 1 fully saturated rings. The summed E-state index contributed by atoms with van der Waals surface area (Å²) in [7, 11) is 0. The van der Waals surface area contributed by atoms with E-state index in [9.17, 15) is 9.59 Å². The molecule has 1 aliphatic rings. The number of hydrogen-bond acceptors (Lipinski definition) is 3. The number of carbonyl (C=O) groups excluding carboxylic acids is 1. The fourth-order valence-electron chi connectivity index (χ4n) is 2.92. The molecule has 1 aromatic carbocycles. The maximum Gasteiger partial charge on any atom is 0.306 e. The molecule has 1 amide bonds. The average Bonchev–Trinajstić information content (AvgIpc) is 2.55. The maximum atomic E-state index is 12.4. The Balaban J connectivity index is 1.84. The summed E-state index contributed by atoms with van der Waals surface area (Å²) in [6.07, 6.45) is 3.40. The molecule has 0 spiro atoms. The number of nitrogens with one attached hydrogen (secondary N) is 1. The molecule has 0 aliphatic heterocycles. The molecule has 0 unspecified atom stereocenters. The molecule has 2 N–H and O–H groups in total. The summed E-state index contributed by atoms with van der Waals surface area (Å²) in [4.78, 5) is 23.3. The zero-order valence-electron chi connectivity index (χ0n) is 14.5. The molecule has 0 heterocycles. The Hall–Kier alpha value is -2.04. The molecule has 1 saturated carbocycles. The number of aliphatic carboxylic acids is 1. The van der Waals surface area contributed by atoms with Crippen molar-refractivity contribution in [2.24, 2.45) is 17.8 Å². The molecule has 0 radical (unpaired) electrons. The average molecular weight is 333 g/mol. The SMILES string of the molecule is CC(C)CCOc1cccc(NC(=O)C2CCC(C(=O)O)CC2)c1. The van der Waals surface area contributed by atoms with Crippen LogP contribution in [-0.4, -0.2) is 23.6 Å². The fraction of sp³-hybridized carbons (Fsp3) is 0.579. The second-order valence-corrected chi connectivity index (χ2v) is 6.93. The van der Waals surface area contributed by atoms with Crippen molar-refractivity contribution in [2.75, 3.05) is 11.9 Å². The molecule has 1 aliphatic carbocycles. The van der Waals surface area contributed by atoms with E-state index in [1.165, 1.54) is 0 Å². The van der Waals surface area contributed by atoms with Crippen molar-refractivity contribution in [1.82, 2.24) is 0 Å². The molecule has 2 rings (SSSR count). The summed E-state index contributed by atoms with van der Waals surface area (Å²) in [6.45, 7) is 4.96. The van der Waals surface area contributed by atoms with Crippen LogP contribution in [-0.2, 0) is 9.59 Å². The summed E-state index contributed by atoms with van der Waals surface area (Å²) >= 11 is 0. The molecule has 5 heteroatoms. The maximum absolute atomic E-state index is 12.4. The van der Waals surface area contributed by atoms with Crippen LogP contribution >= 0.6 is 0 Å². The van der Waals surface area contributed by atoms with E-state index in [1.807, 2.05) is 24.3 Å². The normalized spacial score (nSPS) is 20.6. The highest BCUT2D eigenvalue weighted by atomic mass is 16.5. The summed E-state index contributed by atoms with van der Waals surface area (Å²) in [5.74, 6) is 0.160. The van der Waals surface area contributed by atoms with Crippen LogP contribution in [0.25, 0.3) is 0 Å². The third-order valence-corrected chi connectivity index (χ3v) is 4.51. The van der Waals surface area contributed by atoms with Gasteiger partial charge in [0.1, 0.15) is 5.75 Å². The minimum Gasteiger partial charge on any atom is -0.494 e. The Morgan fingerprint density at radius 2 is 1.88 bits per heavy atom. The first kappa shape index (κ1) is 18.3. The number of amides is 1. The van der Waals surface area contributed by atoms with Crippen LogP contribution in [0.5, 0.6) is 5.75 Å². The van der Waals surface area contributed by atoms with Gasteiger partial charge in [0.05, 0.1) is 12.5 Å². The largest absolute Gasteiger partial charge is 0.494 e. The number of hydrogen-bond donors (Lipinski definition) is 2. The number of benzene rings is 1. The van der Waals surface area contributed by atoms with Crippen LogP contribution in [0, 0.1) is 17.8 Å². The van der Waals surface area contributed by atoms with E-state index in [-0.39, 0.29) is 17.7 Å². The van der Waals surface area contributed by atoms with E-state index in [1.54, 1.807) is 0 Å². The second kappa shape index (κ2) is 8.71. The van der Waals surface area contributed by atoms with E-state index < -0.39 is 5.97 Å². The number of carbonyl (C=O) groups is 2. The molecule has 0 saturated heterocycles. The van der Waals surface area contributed by atoms with Crippen LogP contribution < -0.4 is 10.1 Å². The topological polar surface area (TPSA) is 75.6 Å². The highest BCUT2D eigenvalue weighted by Crippen LogP contribution is 2.30. The molecule has 0 aromatic heterocycles.